The molecule has 2 aromatic carbocycles. The van der Waals surface area contributed by atoms with E-state index >= 15 is 0 Å². The molecule has 5 nitrogen and oxygen atoms in total. The Morgan fingerprint density at radius 3 is 1.85 bits per heavy atom. The second kappa shape index (κ2) is 8.79. The van der Waals surface area contributed by atoms with Crippen LogP contribution in [0.4, 0.5) is 11.4 Å². The van der Waals surface area contributed by atoms with Crippen LogP contribution in [0.2, 0.25) is 0 Å². The van der Waals surface area contributed by atoms with Crippen LogP contribution in [0.1, 0.15) is 48.6 Å². The monoisotopic (exact) mass is 455 g/mol. The Morgan fingerprint density at radius 2 is 1.21 bits per heavy atom. The van der Waals surface area contributed by atoms with Gasteiger partial charge < -0.3 is 24.7 Å². The van der Waals surface area contributed by atoms with Crippen LogP contribution in [0.3, 0.4) is 0 Å². The smallest absolute Gasteiger partial charge is 0.0501 e. The van der Waals surface area contributed by atoms with E-state index in [1.54, 1.807) is 0 Å². The van der Waals surface area contributed by atoms with E-state index in [1.807, 2.05) is 0 Å². The molecule has 0 unspecified atom stereocenters. The van der Waals surface area contributed by atoms with Crippen molar-refractivity contribution in [1.29, 1.82) is 0 Å². The van der Waals surface area contributed by atoms with Crippen LogP contribution in [0.15, 0.2) is 48.8 Å². The molecule has 0 saturated carbocycles. The Morgan fingerprint density at radius 1 is 0.676 bits per heavy atom. The van der Waals surface area contributed by atoms with E-state index in [9.17, 15) is 0 Å². The van der Waals surface area contributed by atoms with E-state index in [1.165, 1.54) is 70.0 Å². The number of aromatic nitrogens is 2. The number of anilines is 2. The highest BCUT2D eigenvalue weighted by molar-refractivity contribution is 5.91. The van der Waals surface area contributed by atoms with Crippen LogP contribution in [0.25, 0.3) is 21.8 Å². The highest BCUT2D eigenvalue weighted by Crippen LogP contribution is 2.38. The van der Waals surface area contributed by atoms with Gasteiger partial charge in [-0.1, -0.05) is 6.07 Å². The van der Waals surface area contributed by atoms with Gasteiger partial charge in [0.05, 0.1) is 5.52 Å². The fraction of sp³-hybridized carbons (Fsp3) is 0.448. The number of nitrogens with zero attached hydrogens (tertiary/aromatic N) is 3. The second-order valence-corrected chi connectivity index (χ2v) is 10.4. The van der Waals surface area contributed by atoms with E-state index in [-0.39, 0.29) is 0 Å². The highest BCUT2D eigenvalue weighted by Gasteiger charge is 2.22. The summed E-state index contributed by atoms with van der Waals surface area (Å²) in [6.45, 7) is 4.50. The zero-order valence-electron chi connectivity index (χ0n) is 20.8. The molecule has 0 aliphatic carbocycles. The molecule has 0 atom stereocenters. The Kier molecular flexibility index (Phi) is 5.62. The van der Waals surface area contributed by atoms with Gasteiger partial charge in [-0.15, -0.1) is 0 Å². The summed E-state index contributed by atoms with van der Waals surface area (Å²) in [6, 6.07) is 14.0. The topological polar surface area (TPSA) is 37.2 Å². The number of rotatable bonds is 4. The Balaban J connectivity index is 1.35. The number of fused-ring (bicyclic) bond motifs is 2. The molecule has 2 aromatic heterocycles. The lowest BCUT2D eigenvalue weighted by Crippen LogP contribution is -2.26. The van der Waals surface area contributed by atoms with Gasteiger partial charge in [-0.25, -0.2) is 0 Å². The van der Waals surface area contributed by atoms with Crippen molar-refractivity contribution in [2.45, 2.75) is 37.5 Å². The molecule has 0 amide bonds. The first-order valence-corrected chi connectivity index (χ1v) is 12.9. The average Bonchev–Trinajstić information content (AvgIpc) is 3.40. The van der Waals surface area contributed by atoms with Gasteiger partial charge >= 0.3 is 0 Å². The summed E-state index contributed by atoms with van der Waals surface area (Å²) in [4.78, 5) is 2.34. The van der Waals surface area contributed by atoms with Gasteiger partial charge in [-0.3, -0.25) is 0 Å². The molecule has 4 aromatic rings. The number of aryl methyl sites for hydroxylation is 2. The number of hydrogen-bond acceptors (Lipinski definition) is 3. The van der Waals surface area contributed by atoms with E-state index in [0.29, 0.717) is 11.8 Å². The average molecular weight is 456 g/mol. The van der Waals surface area contributed by atoms with Crippen molar-refractivity contribution >= 4 is 33.2 Å². The number of piperidine rings is 2. The minimum Gasteiger partial charge on any atom is -0.350 e. The molecule has 2 aliphatic heterocycles. The lowest BCUT2D eigenvalue weighted by Gasteiger charge is -2.23. The van der Waals surface area contributed by atoms with Gasteiger partial charge in [0, 0.05) is 61.2 Å². The fourth-order valence-corrected chi connectivity index (χ4v) is 6.30. The summed E-state index contributed by atoms with van der Waals surface area (Å²) in [5.41, 5.74) is 8.18. The first kappa shape index (κ1) is 21.8. The first-order valence-electron chi connectivity index (χ1n) is 12.9. The molecule has 5 heteroatoms. The van der Waals surface area contributed by atoms with Crippen LogP contribution >= 0.6 is 0 Å². The summed E-state index contributed by atoms with van der Waals surface area (Å²) in [5.74, 6) is 1.32. The van der Waals surface area contributed by atoms with Gasteiger partial charge in [-0.05, 0) is 105 Å². The maximum atomic E-state index is 3.51. The SMILES string of the molecule is CN(c1ccc2c(c1)c(C1CCNCC1)cn2C)c1ccc2c(C3CCNCC3)cn(C)c2c1. The maximum Gasteiger partial charge on any atom is 0.0501 e. The Bertz CT molecular complexity index is 1320. The normalized spacial score (nSPS) is 18.2. The maximum absolute atomic E-state index is 3.51. The lowest BCUT2D eigenvalue weighted by molar-refractivity contribution is 0.462. The van der Waals surface area contributed by atoms with Crippen LogP contribution < -0.4 is 15.5 Å². The van der Waals surface area contributed by atoms with Gasteiger partial charge in [0.1, 0.15) is 0 Å². The van der Waals surface area contributed by atoms with Crippen molar-refractivity contribution in [2.24, 2.45) is 14.1 Å². The molecule has 2 N–H and O–H groups in total. The first-order chi connectivity index (χ1) is 16.6. The summed E-state index contributed by atoms with van der Waals surface area (Å²) >= 11 is 0. The van der Waals surface area contributed by atoms with Crippen molar-refractivity contribution in [1.82, 2.24) is 19.8 Å². The minimum atomic E-state index is 0.652. The molecule has 0 bridgehead atoms. The van der Waals surface area contributed by atoms with Gasteiger partial charge in [0.2, 0.25) is 0 Å². The van der Waals surface area contributed by atoms with Crippen LogP contribution in [-0.2, 0) is 14.1 Å². The molecular formula is C29H37N5. The van der Waals surface area contributed by atoms with E-state index in [2.05, 4.69) is 94.6 Å². The molecule has 2 saturated heterocycles. The van der Waals surface area contributed by atoms with Gasteiger partial charge in [0.15, 0.2) is 0 Å². The fourth-order valence-electron chi connectivity index (χ4n) is 6.30. The quantitative estimate of drug-likeness (QED) is 0.434. The number of nitrogens with one attached hydrogen (secondary N) is 2. The second-order valence-electron chi connectivity index (χ2n) is 10.4. The summed E-state index contributed by atoms with van der Waals surface area (Å²) in [6.07, 6.45) is 9.65. The predicted molar refractivity (Wildman–Crippen MR) is 144 cm³/mol. The molecule has 178 valence electrons. The predicted octanol–water partition coefficient (Wildman–Crippen LogP) is 5.37. The number of hydrogen-bond donors (Lipinski definition) is 2. The molecule has 2 fully saturated rings. The Labute approximate surface area is 202 Å². The summed E-state index contributed by atoms with van der Waals surface area (Å²) in [7, 11) is 6.57. The van der Waals surface area contributed by atoms with Gasteiger partial charge in [0.25, 0.3) is 0 Å². The molecule has 34 heavy (non-hydrogen) atoms. The molecule has 6 rings (SSSR count). The third kappa shape index (κ3) is 3.71. The van der Waals surface area contributed by atoms with E-state index in [0.717, 1.165) is 26.2 Å². The highest BCUT2D eigenvalue weighted by atomic mass is 15.1. The van der Waals surface area contributed by atoms with Crippen molar-refractivity contribution in [3.63, 3.8) is 0 Å². The third-order valence-electron chi connectivity index (χ3n) is 8.34. The van der Waals surface area contributed by atoms with E-state index < -0.39 is 0 Å². The molecule has 4 heterocycles. The van der Waals surface area contributed by atoms with Crippen LogP contribution in [-0.4, -0.2) is 42.4 Å². The molecule has 0 spiro atoms. The molecule has 2 aliphatic rings. The summed E-state index contributed by atoms with van der Waals surface area (Å²) < 4.78 is 4.62. The van der Waals surface area contributed by atoms with Gasteiger partial charge in [-0.2, -0.15) is 0 Å². The van der Waals surface area contributed by atoms with Crippen molar-refractivity contribution in [2.75, 3.05) is 38.1 Å². The molecule has 0 radical (unpaired) electrons. The van der Waals surface area contributed by atoms with Crippen molar-refractivity contribution in [3.05, 3.63) is 59.9 Å². The third-order valence-corrected chi connectivity index (χ3v) is 8.34. The number of benzene rings is 2. The lowest BCUT2D eigenvalue weighted by atomic mass is 9.90. The van der Waals surface area contributed by atoms with E-state index in [4.69, 9.17) is 0 Å². The minimum absolute atomic E-state index is 0.652. The largest absolute Gasteiger partial charge is 0.350 e. The zero-order valence-corrected chi connectivity index (χ0v) is 20.8. The Hall–Kier alpha value is -2.76. The molecular weight excluding hydrogens is 418 g/mol. The van der Waals surface area contributed by atoms with Crippen LogP contribution in [0, 0.1) is 0 Å². The van der Waals surface area contributed by atoms with Crippen molar-refractivity contribution < 1.29 is 0 Å². The van der Waals surface area contributed by atoms with Crippen molar-refractivity contribution in [3.8, 4) is 0 Å². The zero-order chi connectivity index (χ0) is 23.2. The van der Waals surface area contributed by atoms with Crippen LogP contribution in [0.5, 0.6) is 0 Å². The standard InChI is InChI=1S/C29H37N5/c1-32-19-27(21-10-14-31-15-11-21)25-16-22(5-7-28(25)32)34(3)23-4-6-24-26(18-33(2)29(24)17-23)20-8-12-30-13-9-20/h4-7,16-21,30-31H,8-15H2,1-3H3. The summed E-state index contributed by atoms with van der Waals surface area (Å²) in [5, 5.41) is 9.84.